The van der Waals surface area contributed by atoms with Crippen LogP contribution < -0.4 is 10.6 Å². The van der Waals surface area contributed by atoms with E-state index in [1.165, 1.54) is 11.9 Å². The molecule has 1 unspecified atom stereocenters. The molecule has 7 heteroatoms. The molecular weight excluding hydrogens is 238 g/mol. The van der Waals surface area contributed by atoms with E-state index in [4.69, 9.17) is 5.11 Å². The predicted molar refractivity (Wildman–Crippen MR) is 64.0 cm³/mol. The summed E-state index contributed by atoms with van der Waals surface area (Å²) in [7, 11) is 1.49. The van der Waals surface area contributed by atoms with E-state index >= 15 is 0 Å². The molecule has 3 N–H and O–H groups in total. The number of likely N-dealkylation sites (tertiary alicyclic amines) is 1. The summed E-state index contributed by atoms with van der Waals surface area (Å²) in [6, 6.07) is -1.02. The van der Waals surface area contributed by atoms with Gasteiger partial charge in [0.1, 0.15) is 6.04 Å². The van der Waals surface area contributed by atoms with E-state index in [1.807, 2.05) is 0 Å². The van der Waals surface area contributed by atoms with Crippen molar-refractivity contribution in [3.05, 3.63) is 0 Å². The molecule has 0 aromatic carbocycles. The van der Waals surface area contributed by atoms with Crippen LogP contribution in [0.5, 0.6) is 0 Å². The van der Waals surface area contributed by atoms with Gasteiger partial charge in [-0.1, -0.05) is 0 Å². The summed E-state index contributed by atoms with van der Waals surface area (Å²) in [5.41, 5.74) is 0. The first-order chi connectivity index (χ1) is 8.45. The van der Waals surface area contributed by atoms with E-state index in [0.717, 1.165) is 0 Å². The maximum absolute atomic E-state index is 11.8. The minimum Gasteiger partial charge on any atom is -0.481 e. The molecule has 1 heterocycles. The lowest BCUT2D eigenvalue weighted by Gasteiger charge is -2.31. The summed E-state index contributed by atoms with van der Waals surface area (Å²) >= 11 is 0. The zero-order valence-corrected chi connectivity index (χ0v) is 10.6. The third kappa shape index (κ3) is 3.61. The third-order valence-electron chi connectivity index (χ3n) is 3.04. The summed E-state index contributed by atoms with van der Waals surface area (Å²) in [4.78, 5) is 35.4. The van der Waals surface area contributed by atoms with Gasteiger partial charge in [-0.05, 0) is 19.8 Å². The Kier molecular flexibility index (Phi) is 4.94. The summed E-state index contributed by atoms with van der Waals surface area (Å²) in [6.07, 6.45) is 1.25. The average molecular weight is 257 g/mol. The number of amides is 3. The van der Waals surface area contributed by atoms with Gasteiger partial charge in [0.2, 0.25) is 5.91 Å². The number of nitrogens with one attached hydrogen (secondary N) is 2. The van der Waals surface area contributed by atoms with Crippen LogP contribution in [0.4, 0.5) is 4.79 Å². The number of rotatable bonds is 3. The van der Waals surface area contributed by atoms with Gasteiger partial charge in [-0.25, -0.2) is 4.79 Å². The minimum atomic E-state index is -0.883. The Morgan fingerprint density at radius 1 is 1.39 bits per heavy atom. The second-order valence-electron chi connectivity index (χ2n) is 4.41. The van der Waals surface area contributed by atoms with Crippen LogP contribution >= 0.6 is 0 Å². The number of urea groups is 1. The van der Waals surface area contributed by atoms with E-state index in [9.17, 15) is 14.4 Å². The van der Waals surface area contributed by atoms with Gasteiger partial charge in [0.25, 0.3) is 0 Å². The first-order valence-corrected chi connectivity index (χ1v) is 5.95. The van der Waals surface area contributed by atoms with Crippen molar-refractivity contribution < 1.29 is 19.5 Å². The van der Waals surface area contributed by atoms with Gasteiger partial charge in [0.05, 0.1) is 5.92 Å². The zero-order chi connectivity index (χ0) is 13.7. The summed E-state index contributed by atoms with van der Waals surface area (Å²) in [6.45, 7) is 2.30. The lowest BCUT2D eigenvalue weighted by atomic mass is 9.99. The Morgan fingerprint density at radius 3 is 2.61 bits per heavy atom. The fraction of sp³-hybridized carbons (Fsp3) is 0.727. The first-order valence-electron chi connectivity index (χ1n) is 5.95. The van der Waals surface area contributed by atoms with Crippen LogP contribution in [0.25, 0.3) is 0 Å². The molecule has 0 aromatic heterocycles. The minimum absolute atomic E-state index is 0.196. The molecule has 0 aliphatic carbocycles. The number of hydrogen-bond donors (Lipinski definition) is 3. The van der Waals surface area contributed by atoms with E-state index in [-0.39, 0.29) is 12.5 Å². The van der Waals surface area contributed by atoms with Crippen molar-refractivity contribution in [1.82, 2.24) is 15.5 Å². The summed E-state index contributed by atoms with van der Waals surface area (Å²) in [5, 5.41) is 13.9. The normalized spacial score (nSPS) is 21.0. The third-order valence-corrected chi connectivity index (χ3v) is 3.04. The smallest absolute Gasteiger partial charge is 0.318 e. The first kappa shape index (κ1) is 14.3. The van der Waals surface area contributed by atoms with Crippen molar-refractivity contribution >= 4 is 17.9 Å². The monoisotopic (exact) mass is 257 g/mol. The van der Waals surface area contributed by atoms with Crippen molar-refractivity contribution in [3.8, 4) is 0 Å². The maximum Gasteiger partial charge on any atom is 0.318 e. The summed E-state index contributed by atoms with van der Waals surface area (Å²) < 4.78 is 0. The molecule has 0 saturated carbocycles. The van der Waals surface area contributed by atoms with Crippen molar-refractivity contribution in [2.24, 2.45) is 5.92 Å². The van der Waals surface area contributed by atoms with Crippen LogP contribution in [0.15, 0.2) is 0 Å². The number of nitrogens with zero attached hydrogens (tertiary/aromatic N) is 1. The molecule has 1 aliphatic rings. The van der Waals surface area contributed by atoms with Crippen LogP contribution in [-0.2, 0) is 9.59 Å². The van der Waals surface area contributed by atoms with Gasteiger partial charge in [-0.15, -0.1) is 0 Å². The average Bonchev–Trinajstić information content (AvgIpc) is 2.37. The van der Waals surface area contributed by atoms with Crippen molar-refractivity contribution in [3.63, 3.8) is 0 Å². The van der Waals surface area contributed by atoms with E-state index in [1.54, 1.807) is 6.92 Å². The van der Waals surface area contributed by atoms with Gasteiger partial charge in [-0.2, -0.15) is 0 Å². The number of hydrogen-bond acceptors (Lipinski definition) is 3. The number of piperidine rings is 1. The predicted octanol–water partition coefficient (Wildman–Crippen LogP) is -0.373. The number of likely N-dealkylation sites (N-methyl/N-ethyl adjacent to an activating group) is 1. The van der Waals surface area contributed by atoms with Gasteiger partial charge in [0.15, 0.2) is 0 Å². The van der Waals surface area contributed by atoms with E-state index < -0.39 is 24.0 Å². The highest BCUT2D eigenvalue weighted by atomic mass is 16.4. The molecule has 3 amide bonds. The molecule has 0 spiro atoms. The molecule has 7 nitrogen and oxygen atoms in total. The number of carboxylic acid groups (broad SMARTS) is 1. The lowest BCUT2D eigenvalue weighted by Crippen LogP contribution is -2.52. The molecule has 2 atom stereocenters. The number of carbonyl (C=O) groups is 3. The highest BCUT2D eigenvalue weighted by Gasteiger charge is 2.29. The Hall–Kier alpha value is -1.79. The van der Waals surface area contributed by atoms with Crippen LogP contribution in [0, 0.1) is 5.92 Å². The van der Waals surface area contributed by atoms with Crippen LogP contribution in [0.3, 0.4) is 0 Å². The SMILES string of the molecule is CNC(=O)C(C)NC(=O)N1CCC[C@@H](C(=O)O)C1. The fourth-order valence-corrected chi connectivity index (χ4v) is 1.92. The standard InChI is InChI=1S/C11H19N3O4/c1-7(9(15)12-2)13-11(18)14-5-3-4-8(6-14)10(16)17/h7-8H,3-6H2,1-2H3,(H,12,15)(H,13,18)(H,16,17)/t7?,8-/m1/s1. The molecule has 0 aromatic rings. The second kappa shape index (κ2) is 6.23. The van der Waals surface area contributed by atoms with Crippen LogP contribution in [-0.4, -0.2) is 54.1 Å². The molecule has 1 aliphatic heterocycles. The Labute approximate surface area is 106 Å². The van der Waals surface area contributed by atoms with Gasteiger partial charge < -0.3 is 20.6 Å². The molecule has 1 saturated heterocycles. The van der Waals surface area contributed by atoms with Crippen LogP contribution in [0.2, 0.25) is 0 Å². The maximum atomic E-state index is 11.8. The number of carboxylic acids is 1. The molecule has 102 valence electrons. The fourth-order valence-electron chi connectivity index (χ4n) is 1.92. The van der Waals surface area contributed by atoms with Crippen molar-refractivity contribution in [1.29, 1.82) is 0 Å². The van der Waals surface area contributed by atoms with Gasteiger partial charge in [-0.3, -0.25) is 9.59 Å². The summed E-state index contributed by atoms with van der Waals surface area (Å²) in [5.74, 6) is -1.68. The van der Waals surface area contributed by atoms with Crippen molar-refractivity contribution in [2.45, 2.75) is 25.8 Å². The quantitative estimate of drug-likeness (QED) is 0.642. The largest absolute Gasteiger partial charge is 0.481 e. The molecule has 18 heavy (non-hydrogen) atoms. The highest BCUT2D eigenvalue weighted by Crippen LogP contribution is 2.16. The van der Waals surface area contributed by atoms with Gasteiger partial charge >= 0.3 is 12.0 Å². The molecular formula is C11H19N3O4. The van der Waals surface area contributed by atoms with Crippen molar-refractivity contribution in [2.75, 3.05) is 20.1 Å². The number of aliphatic carboxylic acids is 1. The number of carbonyl (C=O) groups excluding carboxylic acids is 2. The van der Waals surface area contributed by atoms with Gasteiger partial charge in [0, 0.05) is 20.1 Å². The van der Waals surface area contributed by atoms with Crippen LogP contribution in [0.1, 0.15) is 19.8 Å². The zero-order valence-electron chi connectivity index (χ0n) is 10.6. The molecule has 0 bridgehead atoms. The Morgan fingerprint density at radius 2 is 2.06 bits per heavy atom. The molecule has 1 rings (SSSR count). The molecule has 1 fully saturated rings. The highest BCUT2D eigenvalue weighted by molar-refractivity contribution is 5.86. The van der Waals surface area contributed by atoms with E-state index in [2.05, 4.69) is 10.6 Å². The Balaban J connectivity index is 2.51. The topological polar surface area (TPSA) is 98.7 Å². The van der Waals surface area contributed by atoms with E-state index in [0.29, 0.717) is 19.4 Å². The second-order valence-corrected chi connectivity index (χ2v) is 4.41. The lowest BCUT2D eigenvalue weighted by molar-refractivity contribution is -0.143. The Bertz CT molecular complexity index is 345. The molecule has 0 radical (unpaired) electrons.